The van der Waals surface area contributed by atoms with E-state index in [0.717, 1.165) is 16.5 Å². The van der Waals surface area contributed by atoms with Crippen LogP contribution in [0.1, 0.15) is 12.5 Å². The van der Waals surface area contributed by atoms with Crippen LogP contribution in [0.4, 0.5) is 0 Å². The maximum absolute atomic E-state index is 5.77. The summed E-state index contributed by atoms with van der Waals surface area (Å²) in [6, 6.07) is 8.22. The van der Waals surface area contributed by atoms with Gasteiger partial charge >= 0.3 is 0 Å². The van der Waals surface area contributed by atoms with Crippen molar-refractivity contribution in [1.29, 1.82) is 0 Å². The van der Waals surface area contributed by atoms with Gasteiger partial charge in [0.15, 0.2) is 0 Å². The lowest BCUT2D eigenvalue weighted by Gasteiger charge is -2.04. The Kier molecular flexibility index (Phi) is 4.64. The molecule has 3 heteroatoms. The topological polar surface area (TPSA) is 26.0 Å². The zero-order valence-corrected chi connectivity index (χ0v) is 9.24. The van der Waals surface area contributed by atoms with Gasteiger partial charge in [-0.05, 0) is 24.6 Å². The van der Waals surface area contributed by atoms with Crippen LogP contribution in [0.2, 0.25) is 5.02 Å². The summed E-state index contributed by atoms with van der Waals surface area (Å²) in [6.07, 6.45) is 0. The maximum Gasteiger partial charge on any atom is 0.0406 e. The predicted molar refractivity (Wildman–Crippen MR) is 61.3 cm³/mol. The number of benzene rings is 1. The van der Waals surface area contributed by atoms with E-state index in [1.54, 1.807) is 0 Å². The second-order valence-corrected chi connectivity index (χ2v) is 4.59. The van der Waals surface area contributed by atoms with Crippen LogP contribution in [0, 0.1) is 0 Å². The second kappa shape index (κ2) is 5.53. The van der Waals surface area contributed by atoms with Crippen molar-refractivity contribution in [1.82, 2.24) is 0 Å². The zero-order chi connectivity index (χ0) is 9.68. The van der Waals surface area contributed by atoms with Crippen molar-refractivity contribution in [3.63, 3.8) is 0 Å². The van der Waals surface area contributed by atoms with Gasteiger partial charge in [-0.3, -0.25) is 0 Å². The Hall–Kier alpha value is -0.180. The Morgan fingerprint density at radius 3 is 2.54 bits per heavy atom. The highest BCUT2D eigenvalue weighted by Crippen LogP contribution is 2.15. The largest absolute Gasteiger partial charge is 0.327 e. The fourth-order valence-electron chi connectivity index (χ4n) is 0.943. The summed E-state index contributed by atoms with van der Waals surface area (Å²) in [7, 11) is 0. The van der Waals surface area contributed by atoms with E-state index in [1.807, 2.05) is 30.8 Å². The van der Waals surface area contributed by atoms with Gasteiger partial charge in [-0.2, -0.15) is 11.8 Å². The lowest BCUT2D eigenvalue weighted by atomic mass is 10.2. The highest BCUT2D eigenvalue weighted by molar-refractivity contribution is 7.98. The Morgan fingerprint density at radius 2 is 2.00 bits per heavy atom. The molecule has 0 aliphatic carbocycles. The molecule has 0 bridgehead atoms. The van der Waals surface area contributed by atoms with Crippen LogP contribution in [-0.4, -0.2) is 11.8 Å². The second-order valence-electron chi connectivity index (χ2n) is 3.12. The molecular formula is C10H14ClNS. The van der Waals surface area contributed by atoms with Crippen molar-refractivity contribution in [2.24, 2.45) is 5.73 Å². The molecular weight excluding hydrogens is 202 g/mol. The third kappa shape index (κ3) is 4.55. The monoisotopic (exact) mass is 215 g/mol. The van der Waals surface area contributed by atoms with Crippen LogP contribution in [-0.2, 0) is 5.75 Å². The Morgan fingerprint density at radius 1 is 1.38 bits per heavy atom. The number of rotatable bonds is 4. The highest BCUT2D eigenvalue weighted by atomic mass is 35.5. The molecule has 1 rings (SSSR count). The van der Waals surface area contributed by atoms with Crippen molar-refractivity contribution in [2.75, 3.05) is 5.75 Å². The third-order valence-electron chi connectivity index (χ3n) is 1.56. The van der Waals surface area contributed by atoms with E-state index < -0.39 is 0 Å². The van der Waals surface area contributed by atoms with Gasteiger partial charge in [0.2, 0.25) is 0 Å². The quantitative estimate of drug-likeness (QED) is 0.836. The first-order chi connectivity index (χ1) is 6.18. The van der Waals surface area contributed by atoms with Crippen LogP contribution in [0.25, 0.3) is 0 Å². The van der Waals surface area contributed by atoms with Gasteiger partial charge in [0.1, 0.15) is 0 Å². The summed E-state index contributed by atoms with van der Waals surface area (Å²) in [4.78, 5) is 0. The fraction of sp³-hybridized carbons (Fsp3) is 0.400. The van der Waals surface area contributed by atoms with E-state index in [0.29, 0.717) is 0 Å². The van der Waals surface area contributed by atoms with Crippen molar-refractivity contribution in [3.05, 3.63) is 34.9 Å². The van der Waals surface area contributed by atoms with Crippen molar-refractivity contribution in [3.8, 4) is 0 Å². The molecule has 0 aliphatic heterocycles. The highest BCUT2D eigenvalue weighted by Gasteiger charge is 1.96. The Labute approximate surface area is 88.7 Å². The molecule has 0 heterocycles. The summed E-state index contributed by atoms with van der Waals surface area (Å²) in [6.45, 7) is 2.02. The number of thioether (sulfide) groups is 1. The van der Waals surface area contributed by atoms with Gasteiger partial charge in [-0.25, -0.2) is 0 Å². The zero-order valence-electron chi connectivity index (χ0n) is 7.66. The molecule has 13 heavy (non-hydrogen) atoms. The minimum absolute atomic E-state index is 0.275. The van der Waals surface area contributed by atoms with E-state index in [1.165, 1.54) is 5.56 Å². The standard InChI is InChI=1S/C10H14ClNS/c1-8(12)6-13-7-9-2-4-10(11)5-3-9/h2-5,8H,6-7,12H2,1H3/t8-/m0/s1. The summed E-state index contributed by atoms with van der Waals surface area (Å²) < 4.78 is 0. The number of hydrogen-bond acceptors (Lipinski definition) is 2. The molecule has 0 radical (unpaired) electrons. The summed E-state index contributed by atoms with van der Waals surface area (Å²) in [5.41, 5.74) is 6.94. The molecule has 1 aromatic rings. The summed E-state index contributed by atoms with van der Waals surface area (Å²) >= 11 is 7.62. The van der Waals surface area contributed by atoms with E-state index in [4.69, 9.17) is 17.3 Å². The van der Waals surface area contributed by atoms with Crippen LogP contribution < -0.4 is 5.73 Å². The van der Waals surface area contributed by atoms with Gasteiger partial charge in [0.25, 0.3) is 0 Å². The Balaban J connectivity index is 2.33. The average Bonchev–Trinajstić information content (AvgIpc) is 2.08. The average molecular weight is 216 g/mol. The van der Waals surface area contributed by atoms with Crippen LogP contribution in [0.3, 0.4) is 0 Å². The molecule has 2 N–H and O–H groups in total. The first-order valence-corrected chi connectivity index (χ1v) is 5.79. The summed E-state index contributed by atoms with van der Waals surface area (Å²) in [5.74, 6) is 2.02. The SMILES string of the molecule is C[C@H](N)CSCc1ccc(Cl)cc1. The first-order valence-electron chi connectivity index (χ1n) is 4.26. The number of nitrogens with two attached hydrogens (primary N) is 1. The molecule has 1 atom stereocenters. The molecule has 0 unspecified atom stereocenters. The van der Waals surface area contributed by atoms with Crippen molar-refractivity contribution in [2.45, 2.75) is 18.7 Å². The minimum Gasteiger partial charge on any atom is -0.327 e. The lowest BCUT2D eigenvalue weighted by molar-refractivity contribution is 0.847. The smallest absolute Gasteiger partial charge is 0.0406 e. The molecule has 1 nitrogen and oxygen atoms in total. The van der Waals surface area contributed by atoms with Gasteiger partial charge in [-0.1, -0.05) is 23.7 Å². The van der Waals surface area contributed by atoms with E-state index in [-0.39, 0.29) is 6.04 Å². The fourth-order valence-corrected chi connectivity index (χ4v) is 1.99. The predicted octanol–water partition coefficient (Wildman–Crippen LogP) is 2.92. The van der Waals surface area contributed by atoms with Gasteiger partial charge < -0.3 is 5.73 Å². The van der Waals surface area contributed by atoms with Crippen LogP contribution in [0.5, 0.6) is 0 Å². The minimum atomic E-state index is 0.275. The molecule has 72 valence electrons. The lowest BCUT2D eigenvalue weighted by Crippen LogP contribution is -2.17. The molecule has 1 aromatic carbocycles. The third-order valence-corrected chi connectivity index (χ3v) is 3.11. The van der Waals surface area contributed by atoms with E-state index in [9.17, 15) is 0 Å². The Bertz CT molecular complexity index is 246. The number of hydrogen-bond donors (Lipinski definition) is 1. The molecule has 0 spiro atoms. The molecule has 0 amide bonds. The first kappa shape index (κ1) is 10.9. The maximum atomic E-state index is 5.77. The van der Waals surface area contributed by atoms with Crippen molar-refractivity contribution < 1.29 is 0 Å². The summed E-state index contributed by atoms with van der Waals surface area (Å²) in [5, 5.41) is 0.793. The van der Waals surface area contributed by atoms with Gasteiger partial charge in [0, 0.05) is 22.6 Å². The molecule has 0 aromatic heterocycles. The van der Waals surface area contributed by atoms with Crippen LogP contribution >= 0.6 is 23.4 Å². The number of halogens is 1. The van der Waals surface area contributed by atoms with Crippen LogP contribution in [0.15, 0.2) is 24.3 Å². The van der Waals surface area contributed by atoms with Gasteiger partial charge in [-0.15, -0.1) is 0 Å². The normalized spacial score (nSPS) is 12.8. The molecule has 0 saturated heterocycles. The van der Waals surface area contributed by atoms with Crippen molar-refractivity contribution >= 4 is 23.4 Å². The molecule has 0 saturated carbocycles. The van der Waals surface area contributed by atoms with Gasteiger partial charge in [0.05, 0.1) is 0 Å². The van der Waals surface area contributed by atoms with E-state index in [2.05, 4.69) is 12.1 Å². The van der Waals surface area contributed by atoms with E-state index >= 15 is 0 Å². The molecule has 0 fully saturated rings. The molecule has 0 aliphatic rings.